The summed E-state index contributed by atoms with van der Waals surface area (Å²) in [5, 5.41) is 9.93. The Hall–Kier alpha value is -2.86. The molecule has 0 aliphatic rings. The molecule has 0 aromatic carbocycles. The molecule has 2 aromatic rings. The normalized spacial score (nSPS) is 10.9. The largest absolute Gasteiger partial charge is 0.359 e. The van der Waals surface area contributed by atoms with Crippen LogP contribution in [0.3, 0.4) is 0 Å². The minimum Gasteiger partial charge on any atom is -0.359 e. The highest BCUT2D eigenvalue weighted by molar-refractivity contribution is 6.04. The molecule has 0 fully saturated rings. The summed E-state index contributed by atoms with van der Waals surface area (Å²) in [7, 11) is 0. The van der Waals surface area contributed by atoms with E-state index in [1.165, 1.54) is 12.3 Å². The maximum Gasteiger partial charge on any atom is 0.258 e. The molecule has 0 spiro atoms. The lowest BCUT2D eigenvalue weighted by molar-refractivity contribution is 0.102. The molecule has 0 aliphatic heterocycles. The molecule has 0 saturated heterocycles. The fourth-order valence-electron chi connectivity index (χ4n) is 1.67. The number of hydrogen-bond donors (Lipinski definition) is 1. The summed E-state index contributed by atoms with van der Waals surface area (Å²) in [4.78, 5) is 18.9. The van der Waals surface area contributed by atoms with Crippen molar-refractivity contribution in [2.24, 2.45) is 5.11 Å². The van der Waals surface area contributed by atoms with Gasteiger partial charge in [-0.2, -0.15) is 0 Å². The first-order valence-electron chi connectivity index (χ1n) is 6.61. The smallest absolute Gasteiger partial charge is 0.258 e. The van der Waals surface area contributed by atoms with Gasteiger partial charge in [0.1, 0.15) is 5.76 Å². The van der Waals surface area contributed by atoms with Crippen LogP contribution in [0.1, 0.15) is 42.6 Å². The minimum absolute atomic E-state index is 0.198. The molecule has 1 amide bonds. The maximum absolute atomic E-state index is 12.2. The molecule has 0 saturated carbocycles. The van der Waals surface area contributed by atoms with Gasteiger partial charge in [0.25, 0.3) is 5.91 Å². The summed E-state index contributed by atoms with van der Waals surface area (Å²) in [6.07, 6.45) is 1.41. The summed E-state index contributed by atoms with van der Waals surface area (Å²) >= 11 is 0. The van der Waals surface area contributed by atoms with E-state index in [4.69, 9.17) is 10.1 Å². The van der Waals surface area contributed by atoms with Gasteiger partial charge in [0.2, 0.25) is 0 Å². The number of aryl methyl sites for hydroxylation is 1. The molecular formula is C14H16N6O2. The number of anilines is 1. The summed E-state index contributed by atoms with van der Waals surface area (Å²) in [5.74, 6) is 0.580. The number of carbonyl (C=O) groups is 1. The Morgan fingerprint density at radius 1 is 1.41 bits per heavy atom. The molecule has 8 heteroatoms. The van der Waals surface area contributed by atoms with E-state index in [1.54, 1.807) is 13.0 Å². The van der Waals surface area contributed by atoms with Gasteiger partial charge in [0.15, 0.2) is 5.82 Å². The molecule has 114 valence electrons. The predicted molar refractivity (Wildman–Crippen MR) is 80.9 cm³/mol. The molecule has 1 N–H and O–H groups in total. The van der Waals surface area contributed by atoms with Crippen molar-refractivity contribution >= 4 is 17.4 Å². The molecule has 8 nitrogen and oxygen atoms in total. The van der Waals surface area contributed by atoms with Crippen molar-refractivity contribution in [1.82, 2.24) is 10.1 Å². The van der Waals surface area contributed by atoms with Gasteiger partial charge in [-0.3, -0.25) is 9.78 Å². The lowest BCUT2D eigenvalue weighted by Crippen LogP contribution is -2.13. The Morgan fingerprint density at radius 3 is 2.73 bits per heavy atom. The van der Waals surface area contributed by atoms with Gasteiger partial charge in [-0.05, 0) is 18.5 Å². The zero-order chi connectivity index (χ0) is 16.3. The van der Waals surface area contributed by atoms with E-state index in [-0.39, 0.29) is 11.0 Å². The number of pyridine rings is 1. The average molecular weight is 300 g/mol. The Balaban J connectivity index is 2.21. The van der Waals surface area contributed by atoms with Crippen LogP contribution in [0.4, 0.5) is 11.5 Å². The van der Waals surface area contributed by atoms with Gasteiger partial charge in [-0.25, -0.2) is 0 Å². The zero-order valence-corrected chi connectivity index (χ0v) is 12.8. The van der Waals surface area contributed by atoms with Crippen LogP contribution in [0, 0.1) is 6.92 Å². The Morgan fingerprint density at radius 2 is 2.14 bits per heavy atom. The zero-order valence-electron chi connectivity index (χ0n) is 12.8. The van der Waals surface area contributed by atoms with Crippen molar-refractivity contribution in [3.8, 4) is 0 Å². The monoisotopic (exact) mass is 300 g/mol. The molecule has 22 heavy (non-hydrogen) atoms. The minimum atomic E-state index is -0.407. The lowest BCUT2D eigenvalue weighted by Gasteiger charge is -2.12. The first kappa shape index (κ1) is 15.5. The van der Waals surface area contributed by atoms with Crippen molar-refractivity contribution in [3.63, 3.8) is 0 Å². The first-order valence-corrected chi connectivity index (χ1v) is 6.61. The third-order valence-corrected chi connectivity index (χ3v) is 2.97. The van der Waals surface area contributed by atoms with Gasteiger partial charge in [0, 0.05) is 28.3 Å². The molecule has 0 atom stereocenters. The molecule has 0 bridgehead atoms. The van der Waals surface area contributed by atoms with Gasteiger partial charge in [0.05, 0.1) is 11.3 Å². The fraction of sp³-hybridized carbons (Fsp3) is 0.357. The van der Waals surface area contributed by atoms with Crippen LogP contribution in [-0.2, 0) is 5.41 Å². The SMILES string of the molecule is Cc1ncc(C(=O)Nc2cc(C(C)(C)C)on2)cc1N=[N+]=[N-]. The topological polar surface area (TPSA) is 117 Å². The van der Waals surface area contributed by atoms with E-state index in [1.807, 2.05) is 20.8 Å². The molecule has 0 aliphatic carbocycles. The van der Waals surface area contributed by atoms with E-state index >= 15 is 0 Å². The van der Waals surface area contributed by atoms with Gasteiger partial charge in [-0.15, -0.1) is 0 Å². The first-order chi connectivity index (χ1) is 10.3. The second-order valence-corrected chi connectivity index (χ2v) is 5.80. The van der Waals surface area contributed by atoms with Crippen molar-refractivity contribution in [2.75, 3.05) is 5.32 Å². The van der Waals surface area contributed by atoms with E-state index in [0.717, 1.165) is 0 Å². The number of azide groups is 1. The maximum atomic E-state index is 12.2. The standard InChI is InChI=1S/C14H16N6O2/c1-8-10(18-20-15)5-9(7-16-8)13(21)17-12-6-11(22-19-12)14(2,3)4/h5-7H,1-4H3,(H,17,19,21). The van der Waals surface area contributed by atoms with Crippen LogP contribution in [0.15, 0.2) is 28.0 Å². The van der Waals surface area contributed by atoms with Gasteiger partial charge < -0.3 is 9.84 Å². The second-order valence-electron chi connectivity index (χ2n) is 5.80. The third kappa shape index (κ3) is 3.42. The van der Waals surface area contributed by atoms with E-state index in [0.29, 0.717) is 23.0 Å². The number of hydrogen-bond acceptors (Lipinski definition) is 5. The molecule has 0 radical (unpaired) electrons. The number of nitrogens with zero attached hydrogens (tertiary/aromatic N) is 5. The van der Waals surface area contributed by atoms with E-state index in [2.05, 4.69) is 25.5 Å². The molecule has 2 rings (SSSR count). The molecule has 2 heterocycles. The summed E-state index contributed by atoms with van der Waals surface area (Å²) in [5.41, 5.74) is 9.43. The van der Waals surface area contributed by atoms with Crippen LogP contribution in [0.5, 0.6) is 0 Å². The van der Waals surface area contributed by atoms with Crippen LogP contribution in [-0.4, -0.2) is 16.0 Å². The number of aromatic nitrogens is 2. The highest BCUT2D eigenvalue weighted by Crippen LogP contribution is 2.25. The Bertz CT molecular complexity index is 753. The fourth-order valence-corrected chi connectivity index (χ4v) is 1.67. The number of carbonyl (C=O) groups excluding carboxylic acids is 1. The summed E-state index contributed by atoms with van der Waals surface area (Å²) in [6.45, 7) is 7.64. The van der Waals surface area contributed by atoms with Crippen molar-refractivity contribution in [2.45, 2.75) is 33.1 Å². The number of rotatable bonds is 3. The summed E-state index contributed by atoms with van der Waals surface area (Å²) < 4.78 is 5.20. The van der Waals surface area contributed by atoms with Crippen LogP contribution in [0.2, 0.25) is 0 Å². The van der Waals surface area contributed by atoms with Crippen molar-refractivity contribution in [3.05, 3.63) is 45.8 Å². The van der Waals surface area contributed by atoms with Crippen molar-refractivity contribution < 1.29 is 9.32 Å². The van der Waals surface area contributed by atoms with Crippen LogP contribution < -0.4 is 5.32 Å². The average Bonchev–Trinajstić information content (AvgIpc) is 2.90. The predicted octanol–water partition coefficient (Wildman–Crippen LogP) is 3.87. The Labute approximate surface area is 127 Å². The van der Waals surface area contributed by atoms with E-state index < -0.39 is 5.91 Å². The molecular weight excluding hydrogens is 284 g/mol. The third-order valence-electron chi connectivity index (χ3n) is 2.97. The lowest BCUT2D eigenvalue weighted by atomic mass is 9.93. The van der Waals surface area contributed by atoms with Gasteiger partial charge in [-0.1, -0.05) is 31.0 Å². The van der Waals surface area contributed by atoms with E-state index in [9.17, 15) is 4.79 Å². The van der Waals surface area contributed by atoms with Gasteiger partial charge >= 0.3 is 0 Å². The second kappa shape index (κ2) is 5.87. The highest BCUT2D eigenvalue weighted by atomic mass is 16.5. The highest BCUT2D eigenvalue weighted by Gasteiger charge is 2.20. The molecule has 2 aromatic heterocycles. The quantitative estimate of drug-likeness (QED) is 0.526. The van der Waals surface area contributed by atoms with Crippen molar-refractivity contribution in [1.29, 1.82) is 0 Å². The number of amides is 1. The number of nitrogens with one attached hydrogen (secondary N) is 1. The summed E-state index contributed by atoms with van der Waals surface area (Å²) in [6, 6.07) is 3.15. The molecule has 0 unspecified atom stereocenters. The Kier molecular flexibility index (Phi) is 4.14. The van der Waals surface area contributed by atoms with Crippen LogP contribution in [0.25, 0.3) is 10.4 Å². The van der Waals surface area contributed by atoms with Crippen LogP contribution >= 0.6 is 0 Å².